The molecule has 2 aliphatic rings. The van der Waals surface area contributed by atoms with Gasteiger partial charge in [-0.1, -0.05) is 12.8 Å². The van der Waals surface area contributed by atoms with Crippen LogP contribution in [-0.2, 0) is 16.0 Å². The zero-order chi connectivity index (χ0) is 17.1. The number of hydrogen-bond donors (Lipinski definition) is 1. The van der Waals surface area contributed by atoms with Crippen LogP contribution in [-0.4, -0.2) is 63.0 Å². The smallest absolute Gasteiger partial charge is 0.223 e. The summed E-state index contributed by atoms with van der Waals surface area (Å²) < 4.78 is 7.04. The van der Waals surface area contributed by atoms with Crippen LogP contribution in [0.15, 0.2) is 12.1 Å². The molecule has 1 aliphatic carbocycles. The van der Waals surface area contributed by atoms with E-state index in [1.807, 2.05) is 17.0 Å². The summed E-state index contributed by atoms with van der Waals surface area (Å²) in [4.78, 5) is 14.2. The third kappa shape index (κ3) is 3.73. The van der Waals surface area contributed by atoms with Crippen molar-refractivity contribution >= 4 is 17.4 Å². The quantitative estimate of drug-likeness (QED) is 0.879. The molecule has 25 heavy (non-hydrogen) atoms. The minimum Gasteiger partial charge on any atom is -0.378 e. The number of nitrogens with zero attached hydrogens (tertiary/aromatic N) is 5. The third-order valence-electron chi connectivity index (χ3n) is 4.96. The van der Waals surface area contributed by atoms with Gasteiger partial charge in [-0.25, -0.2) is 0 Å². The summed E-state index contributed by atoms with van der Waals surface area (Å²) in [6, 6.07) is 4.38. The number of fused-ring (bicyclic) bond motifs is 1. The molecule has 2 fully saturated rings. The zero-order valence-electron chi connectivity index (χ0n) is 14.4. The molecule has 0 unspecified atom stereocenters. The van der Waals surface area contributed by atoms with Crippen LogP contribution >= 0.6 is 0 Å². The minimum absolute atomic E-state index is 0.139. The number of aryl methyl sites for hydroxylation is 1. The number of ether oxygens (including phenoxy) is 1. The second-order valence-electron chi connectivity index (χ2n) is 6.72. The Morgan fingerprint density at radius 3 is 2.80 bits per heavy atom. The van der Waals surface area contributed by atoms with Crippen LogP contribution in [0.2, 0.25) is 0 Å². The van der Waals surface area contributed by atoms with Crippen LogP contribution in [0.5, 0.6) is 0 Å². The Labute approximate surface area is 146 Å². The van der Waals surface area contributed by atoms with E-state index in [2.05, 4.69) is 20.6 Å². The summed E-state index contributed by atoms with van der Waals surface area (Å²) in [6.45, 7) is 2.59. The first-order chi connectivity index (χ1) is 12.3. The van der Waals surface area contributed by atoms with E-state index in [0.717, 1.165) is 11.6 Å². The van der Waals surface area contributed by atoms with Gasteiger partial charge in [0, 0.05) is 32.0 Å². The lowest BCUT2D eigenvalue weighted by molar-refractivity contribution is -0.135. The molecule has 1 aliphatic heterocycles. The highest BCUT2D eigenvalue weighted by Gasteiger charge is 2.19. The predicted molar refractivity (Wildman–Crippen MR) is 92.4 cm³/mol. The molecule has 0 atom stereocenters. The van der Waals surface area contributed by atoms with E-state index < -0.39 is 0 Å². The molecule has 2 aromatic heterocycles. The number of morpholine rings is 1. The van der Waals surface area contributed by atoms with Gasteiger partial charge in [-0.15, -0.1) is 15.3 Å². The van der Waals surface area contributed by atoms with Crippen LogP contribution in [0.25, 0.3) is 5.65 Å². The van der Waals surface area contributed by atoms with E-state index >= 15 is 0 Å². The van der Waals surface area contributed by atoms with E-state index in [1.54, 1.807) is 4.52 Å². The Bertz CT molecular complexity index is 734. The SMILES string of the molecule is O=C(CCc1nnc2ccc(NC3CCCC3)nn12)N1CCOCC1. The second kappa shape index (κ2) is 7.35. The Morgan fingerprint density at radius 1 is 1.20 bits per heavy atom. The molecule has 8 nitrogen and oxygen atoms in total. The van der Waals surface area contributed by atoms with Crippen molar-refractivity contribution in [3.8, 4) is 0 Å². The van der Waals surface area contributed by atoms with Gasteiger partial charge >= 0.3 is 0 Å². The van der Waals surface area contributed by atoms with Crippen molar-refractivity contribution in [2.24, 2.45) is 0 Å². The highest BCUT2D eigenvalue weighted by Crippen LogP contribution is 2.21. The highest BCUT2D eigenvalue weighted by atomic mass is 16.5. The number of rotatable bonds is 5. The number of carbonyl (C=O) groups excluding carboxylic acids is 1. The lowest BCUT2D eigenvalue weighted by atomic mass is 10.2. The Kier molecular flexibility index (Phi) is 4.78. The van der Waals surface area contributed by atoms with Gasteiger partial charge in [-0.3, -0.25) is 4.79 Å². The van der Waals surface area contributed by atoms with Crippen molar-refractivity contribution in [2.45, 2.75) is 44.6 Å². The highest BCUT2D eigenvalue weighted by molar-refractivity contribution is 5.76. The van der Waals surface area contributed by atoms with Gasteiger partial charge in [0.05, 0.1) is 13.2 Å². The van der Waals surface area contributed by atoms with Gasteiger partial charge in [-0.05, 0) is 25.0 Å². The summed E-state index contributed by atoms with van der Waals surface area (Å²) in [5.74, 6) is 1.71. The molecule has 2 aromatic rings. The molecule has 0 spiro atoms. The van der Waals surface area contributed by atoms with Gasteiger partial charge < -0.3 is 15.0 Å². The van der Waals surface area contributed by atoms with Crippen LogP contribution in [0.1, 0.15) is 37.9 Å². The molecule has 3 heterocycles. The van der Waals surface area contributed by atoms with Gasteiger partial charge in [0.15, 0.2) is 11.5 Å². The molecular formula is C17H24N6O2. The zero-order valence-corrected chi connectivity index (χ0v) is 14.4. The van der Waals surface area contributed by atoms with Gasteiger partial charge in [0.1, 0.15) is 5.82 Å². The summed E-state index contributed by atoms with van der Waals surface area (Å²) in [6.07, 6.45) is 5.91. The summed E-state index contributed by atoms with van der Waals surface area (Å²) in [7, 11) is 0. The van der Waals surface area contributed by atoms with E-state index in [-0.39, 0.29) is 5.91 Å². The van der Waals surface area contributed by atoms with Crippen molar-refractivity contribution in [2.75, 3.05) is 31.6 Å². The number of nitrogens with one attached hydrogen (secondary N) is 1. The fourth-order valence-corrected chi connectivity index (χ4v) is 3.54. The number of carbonyl (C=O) groups is 1. The lowest BCUT2D eigenvalue weighted by Gasteiger charge is -2.26. The topological polar surface area (TPSA) is 84.7 Å². The number of aromatic nitrogens is 4. The average Bonchev–Trinajstić information content (AvgIpc) is 3.30. The van der Waals surface area contributed by atoms with Crippen LogP contribution in [0.3, 0.4) is 0 Å². The molecule has 1 amide bonds. The molecule has 1 saturated carbocycles. The van der Waals surface area contributed by atoms with Crippen molar-refractivity contribution in [3.05, 3.63) is 18.0 Å². The maximum Gasteiger partial charge on any atom is 0.223 e. The Morgan fingerprint density at radius 2 is 2.00 bits per heavy atom. The summed E-state index contributed by atoms with van der Waals surface area (Å²) >= 11 is 0. The summed E-state index contributed by atoms with van der Waals surface area (Å²) in [5.41, 5.74) is 0.714. The number of hydrogen-bond acceptors (Lipinski definition) is 6. The number of amides is 1. The lowest BCUT2D eigenvalue weighted by Crippen LogP contribution is -2.40. The van der Waals surface area contributed by atoms with Gasteiger partial charge in [0.2, 0.25) is 5.91 Å². The summed E-state index contributed by atoms with van der Waals surface area (Å²) in [5, 5.41) is 16.5. The Balaban J connectivity index is 1.42. The molecule has 134 valence electrons. The fraction of sp³-hybridized carbons (Fsp3) is 0.647. The van der Waals surface area contributed by atoms with Crippen molar-refractivity contribution < 1.29 is 9.53 Å². The minimum atomic E-state index is 0.139. The normalized spacial score (nSPS) is 18.8. The molecule has 0 radical (unpaired) electrons. The van der Waals surface area contributed by atoms with E-state index in [1.165, 1.54) is 25.7 Å². The van der Waals surface area contributed by atoms with Crippen molar-refractivity contribution in [1.82, 2.24) is 24.7 Å². The van der Waals surface area contributed by atoms with E-state index in [4.69, 9.17) is 4.74 Å². The van der Waals surface area contributed by atoms with Crippen LogP contribution < -0.4 is 5.32 Å². The van der Waals surface area contributed by atoms with E-state index in [0.29, 0.717) is 50.8 Å². The van der Waals surface area contributed by atoms with Crippen molar-refractivity contribution in [1.29, 1.82) is 0 Å². The average molecular weight is 344 g/mol. The number of anilines is 1. The molecule has 0 bridgehead atoms. The molecule has 1 saturated heterocycles. The first kappa shape index (κ1) is 16.3. The first-order valence-corrected chi connectivity index (χ1v) is 9.13. The fourth-order valence-electron chi connectivity index (χ4n) is 3.54. The standard InChI is InChI=1S/C17H24N6O2/c24-17(22-9-11-25-12-10-22)8-7-16-20-19-15-6-5-14(21-23(15)16)18-13-3-1-2-4-13/h5-6,13H,1-4,7-12H2,(H,18,21). The van der Waals surface area contributed by atoms with Gasteiger partial charge in [0.25, 0.3) is 0 Å². The third-order valence-corrected chi connectivity index (χ3v) is 4.96. The molecule has 4 rings (SSSR count). The van der Waals surface area contributed by atoms with Crippen LogP contribution in [0.4, 0.5) is 5.82 Å². The molecular weight excluding hydrogens is 320 g/mol. The maximum atomic E-state index is 12.3. The van der Waals surface area contributed by atoms with Crippen molar-refractivity contribution in [3.63, 3.8) is 0 Å². The first-order valence-electron chi connectivity index (χ1n) is 9.13. The van der Waals surface area contributed by atoms with E-state index in [9.17, 15) is 4.79 Å². The van der Waals surface area contributed by atoms with Crippen LogP contribution in [0, 0.1) is 0 Å². The monoisotopic (exact) mass is 344 g/mol. The maximum absolute atomic E-state index is 12.3. The Hall–Kier alpha value is -2.22. The largest absolute Gasteiger partial charge is 0.378 e. The van der Waals surface area contributed by atoms with Gasteiger partial charge in [-0.2, -0.15) is 4.52 Å². The molecule has 8 heteroatoms. The molecule has 0 aromatic carbocycles. The predicted octanol–water partition coefficient (Wildman–Crippen LogP) is 1.27. The molecule has 1 N–H and O–H groups in total. The second-order valence-corrected chi connectivity index (χ2v) is 6.72.